The molecule has 4 aromatic carbocycles. The first-order valence-electron chi connectivity index (χ1n) is 23.8. The molecule has 0 aliphatic carbocycles. The molecule has 2 aliphatic heterocycles. The van der Waals surface area contributed by atoms with Crippen LogP contribution >= 0.6 is 0 Å². The summed E-state index contributed by atoms with van der Waals surface area (Å²) in [7, 11) is 0. The Kier molecular flexibility index (Phi) is 20.0. The van der Waals surface area contributed by atoms with Crippen molar-refractivity contribution in [3.63, 3.8) is 0 Å². The Hall–Kier alpha value is -6.64. The zero-order valence-corrected chi connectivity index (χ0v) is 47.1. The normalized spacial score (nSPS) is 12.4. The van der Waals surface area contributed by atoms with E-state index >= 15 is 0 Å². The topological polar surface area (TPSA) is 111 Å². The number of ether oxygens (including phenoxy) is 2. The summed E-state index contributed by atoms with van der Waals surface area (Å²) in [6.07, 6.45) is 4.99. The van der Waals surface area contributed by atoms with Crippen molar-refractivity contribution in [1.29, 1.82) is 0 Å². The summed E-state index contributed by atoms with van der Waals surface area (Å²) in [6, 6.07) is 30.0. The van der Waals surface area contributed by atoms with Crippen LogP contribution in [-0.2, 0) is 42.1 Å². The predicted octanol–water partition coefficient (Wildman–Crippen LogP) is 12.8. The molecule has 0 radical (unpaired) electrons. The molecule has 0 atom stereocenters. The summed E-state index contributed by atoms with van der Waals surface area (Å²) < 4.78 is 91.6. The largest absolute Gasteiger partial charge is 0.578 e. The summed E-state index contributed by atoms with van der Waals surface area (Å²) in [6.45, 7) is 20.5. The van der Waals surface area contributed by atoms with Crippen LogP contribution in [-0.4, -0.2) is 45.5 Å². The molecule has 8 aromatic rings. The minimum Gasteiger partial charge on any atom is -0.578 e. The Bertz CT molecular complexity index is 2950. The maximum atomic E-state index is 13.4. The van der Waals surface area contributed by atoms with Crippen LogP contribution in [0, 0.1) is 88.1 Å². The van der Waals surface area contributed by atoms with Crippen LogP contribution in [0.5, 0.6) is 11.5 Å². The fourth-order valence-electron chi connectivity index (χ4n) is 8.38. The molecular formula is C56H52F6N10O2Pt2-6. The van der Waals surface area contributed by atoms with E-state index in [1.807, 2.05) is 102 Å². The van der Waals surface area contributed by atoms with E-state index in [0.29, 0.717) is 24.8 Å². The maximum Gasteiger partial charge on any atom is 0.124 e. The van der Waals surface area contributed by atoms with Crippen molar-refractivity contribution in [2.75, 3.05) is 32.8 Å². The Morgan fingerprint density at radius 3 is 1.29 bits per heavy atom. The van der Waals surface area contributed by atoms with Crippen LogP contribution < -0.4 is 39.3 Å². The molecule has 0 saturated carbocycles. The number of unbranched alkanes of at least 4 members (excludes halogenated alkanes) is 1. The van der Waals surface area contributed by atoms with Gasteiger partial charge in [-0.2, -0.15) is 0 Å². The minimum atomic E-state index is -1.53. The third-order valence-electron chi connectivity index (χ3n) is 11.9. The third-order valence-corrected chi connectivity index (χ3v) is 11.9. The second-order valence-electron chi connectivity index (χ2n) is 17.9. The van der Waals surface area contributed by atoms with Gasteiger partial charge in [0.15, 0.2) is 0 Å². The molecule has 0 N–H and O–H groups in total. The van der Waals surface area contributed by atoms with Gasteiger partial charge < -0.3 is 49.5 Å². The van der Waals surface area contributed by atoms with Crippen molar-refractivity contribution < 1.29 is 77.9 Å². The van der Waals surface area contributed by atoms with Crippen LogP contribution in [0.3, 0.4) is 0 Å². The first-order chi connectivity index (χ1) is 35.5. The summed E-state index contributed by atoms with van der Waals surface area (Å²) in [5.74, 6) is -5.50. The van der Waals surface area contributed by atoms with Crippen molar-refractivity contribution in [3.05, 3.63) is 180 Å². The number of anilines is 6. The number of aromatic nitrogens is 6. The van der Waals surface area contributed by atoms with Gasteiger partial charge in [-0.25, -0.2) is 27.5 Å². The number of hydrogen-bond donors (Lipinski definition) is 0. The second kappa shape index (κ2) is 25.9. The van der Waals surface area contributed by atoms with Gasteiger partial charge in [-0.3, -0.25) is 8.78 Å². The maximum absolute atomic E-state index is 13.4. The number of benzene rings is 4. The summed E-state index contributed by atoms with van der Waals surface area (Å²) in [5, 5.41) is 16.6. The van der Waals surface area contributed by atoms with E-state index in [9.17, 15) is 26.3 Å². The number of aryl methyl sites for hydroxylation is 4. The molecule has 406 valence electrons. The Morgan fingerprint density at radius 2 is 0.947 bits per heavy atom. The molecule has 20 heteroatoms. The average Bonchev–Trinajstić information content (AvgIpc) is 4.17. The van der Waals surface area contributed by atoms with Crippen molar-refractivity contribution in [2.24, 2.45) is 0 Å². The number of halogens is 6. The first-order valence-corrected chi connectivity index (χ1v) is 23.8. The van der Waals surface area contributed by atoms with Crippen molar-refractivity contribution in [3.8, 4) is 33.8 Å². The van der Waals surface area contributed by atoms with Crippen molar-refractivity contribution in [2.45, 2.75) is 80.3 Å². The molecule has 0 bridgehead atoms. The molecule has 4 aromatic heterocycles. The molecule has 0 unspecified atom stereocenters. The molecule has 2 aliphatic rings. The van der Waals surface area contributed by atoms with Gasteiger partial charge >= 0.3 is 0 Å². The Morgan fingerprint density at radius 1 is 0.553 bits per heavy atom. The third kappa shape index (κ3) is 13.1. The molecule has 12 nitrogen and oxygen atoms in total. The summed E-state index contributed by atoms with van der Waals surface area (Å²) in [5.41, 5.74) is 9.87. The molecule has 10 rings (SSSR count). The Balaban J connectivity index is 0.000000189. The van der Waals surface area contributed by atoms with Gasteiger partial charge in [-0.1, -0.05) is 49.5 Å². The first kappa shape index (κ1) is 58.6. The molecule has 0 amide bonds. The fraction of sp³-hybridized carbons (Fsp3) is 0.250. The molecule has 0 spiro atoms. The standard InChI is InChI=1S/C26H28N4O2.2C15H12F3N3.2Pt/c1-17-25(18(2)28-27-17)21-9-7-11-23(15-21)31-13-5-6-14-32-24-12-8-10-22(16-24)26-19(3)29-30-20(26)4;2*1-9(2)20-8-21(15-13(20)4-3-5-19-15)10-6-11(16)14(18)12(17)7-10;;/h7-12,15-16H,5-6,13-14H2,1-4H3;2*3-6,8-9H,1-2H3;;/q3*-2;;. The van der Waals surface area contributed by atoms with Gasteiger partial charge in [0.1, 0.15) is 23.1 Å². The van der Waals surface area contributed by atoms with E-state index in [1.165, 1.54) is 9.80 Å². The quantitative estimate of drug-likeness (QED) is 0.0474. The summed E-state index contributed by atoms with van der Waals surface area (Å²) in [4.78, 5) is 15.2. The number of fused-ring (bicyclic) bond motifs is 2. The number of nitrogens with zero attached hydrogens (tertiary/aromatic N) is 10. The molecule has 76 heavy (non-hydrogen) atoms. The van der Waals surface area contributed by atoms with Gasteiger partial charge in [-0.05, 0) is 137 Å². The van der Waals surface area contributed by atoms with E-state index in [2.05, 4.69) is 66.8 Å². The van der Waals surface area contributed by atoms with E-state index in [-0.39, 0.29) is 65.6 Å². The van der Waals surface area contributed by atoms with Crippen LogP contribution in [0.2, 0.25) is 0 Å². The minimum absolute atomic E-state index is 0. The van der Waals surface area contributed by atoms with Gasteiger partial charge in [0.2, 0.25) is 0 Å². The monoisotopic (exact) mass is 1400 g/mol. The van der Waals surface area contributed by atoms with Crippen LogP contribution in [0.4, 0.5) is 60.7 Å². The molecule has 0 fully saturated rings. The Labute approximate surface area is 467 Å². The van der Waals surface area contributed by atoms with Gasteiger partial charge in [0.25, 0.3) is 0 Å². The van der Waals surface area contributed by atoms with Crippen LogP contribution in [0.15, 0.2) is 97.3 Å². The zero-order valence-electron chi connectivity index (χ0n) is 42.6. The number of pyridine rings is 2. The number of hydrogen-bond acceptors (Lipinski definition) is 10. The molecule has 6 heterocycles. The average molecular weight is 1400 g/mol. The summed E-state index contributed by atoms with van der Waals surface area (Å²) >= 11 is 0. The van der Waals surface area contributed by atoms with Gasteiger partial charge in [0.05, 0.1) is 36.5 Å². The van der Waals surface area contributed by atoms with Gasteiger partial charge in [0, 0.05) is 88.9 Å². The van der Waals surface area contributed by atoms with E-state index in [0.717, 1.165) is 92.9 Å². The van der Waals surface area contributed by atoms with Crippen LogP contribution in [0.1, 0.15) is 63.3 Å². The SMILES string of the molecule is CC(C)N1[CH-]N(c2[c-]c(F)c(F)c(F)c2)c2ncccc21.CC(C)N1[CH-]N(c2[c-]c(F)c(F)c(F)c2)c2ncccc21.Cc1n[n-]c(C)c1-c1cccc(OCCCCOc2cccc(-c3c(C)n[n-]c3C)c2)c1.[Pt].[Pt]. The van der Waals surface area contributed by atoms with Gasteiger partial charge in [-0.15, -0.1) is 49.0 Å². The van der Waals surface area contributed by atoms with E-state index in [4.69, 9.17) is 9.47 Å². The fourth-order valence-corrected chi connectivity index (χ4v) is 8.38. The van der Waals surface area contributed by atoms with E-state index < -0.39 is 34.9 Å². The van der Waals surface area contributed by atoms with Crippen molar-refractivity contribution in [1.82, 2.24) is 30.4 Å². The zero-order chi connectivity index (χ0) is 52.8. The number of rotatable bonds is 13. The van der Waals surface area contributed by atoms with E-state index in [1.54, 1.807) is 37.9 Å². The molecular weight excluding hydrogens is 1350 g/mol. The predicted molar refractivity (Wildman–Crippen MR) is 272 cm³/mol. The molecule has 0 saturated heterocycles. The van der Waals surface area contributed by atoms with Crippen LogP contribution in [0.25, 0.3) is 22.3 Å². The van der Waals surface area contributed by atoms with Crippen molar-refractivity contribution >= 4 is 34.4 Å². The smallest absolute Gasteiger partial charge is 0.124 e. The second-order valence-corrected chi connectivity index (χ2v) is 17.9.